The molecule has 0 atom stereocenters. The molecule has 2 aromatic rings. The zero-order chi connectivity index (χ0) is 14.6. The minimum absolute atomic E-state index is 0.145. The van der Waals surface area contributed by atoms with Crippen LogP contribution in [0.5, 0.6) is 0 Å². The molecule has 0 saturated carbocycles. The third-order valence-corrected chi connectivity index (χ3v) is 4.86. The fourth-order valence-electron chi connectivity index (χ4n) is 1.78. The molecule has 0 bridgehead atoms. The van der Waals surface area contributed by atoms with Crippen molar-refractivity contribution in [2.24, 2.45) is 0 Å². The van der Waals surface area contributed by atoms with Crippen molar-refractivity contribution in [1.82, 2.24) is 19.3 Å². The number of imidazole rings is 1. The van der Waals surface area contributed by atoms with Gasteiger partial charge < -0.3 is 4.98 Å². The van der Waals surface area contributed by atoms with Gasteiger partial charge in [0.25, 0.3) is 10.0 Å². The maximum Gasteiger partial charge on any atom is 0.259 e. The van der Waals surface area contributed by atoms with Crippen molar-refractivity contribution in [2.75, 3.05) is 13.6 Å². The van der Waals surface area contributed by atoms with Gasteiger partial charge in [0.1, 0.15) is 5.82 Å². The Morgan fingerprint density at radius 3 is 2.60 bits per heavy atom. The van der Waals surface area contributed by atoms with E-state index in [9.17, 15) is 8.42 Å². The molecular formula is C13H18N4O2S. The molecule has 2 aromatic heterocycles. The summed E-state index contributed by atoms with van der Waals surface area (Å²) >= 11 is 0. The highest BCUT2D eigenvalue weighted by atomic mass is 32.2. The molecule has 1 N–H and O–H groups in total. The number of pyridine rings is 1. The Morgan fingerprint density at radius 1 is 1.30 bits per heavy atom. The molecule has 0 spiro atoms. The van der Waals surface area contributed by atoms with E-state index in [1.165, 1.54) is 10.5 Å². The summed E-state index contributed by atoms with van der Waals surface area (Å²) in [4.78, 5) is 10.8. The quantitative estimate of drug-likeness (QED) is 0.869. The fourth-order valence-corrected chi connectivity index (χ4v) is 2.88. The van der Waals surface area contributed by atoms with Crippen molar-refractivity contribution in [2.45, 2.75) is 24.8 Å². The smallest absolute Gasteiger partial charge is 0.259 e. The van der Waals surface area contributed by atoms with E-state index >= 15 is 0 Å². The SMILES string of the molecule is CCc1ncc(S(=O)(=O)N(C)CCc2ccncc2)[nH]1. The minimum Gasteiger partial charge on any atom is -0.332 e. The molecule has 20 heavy (non-hydrogen) atoms. The van der Waals surface area contributed by atoms with Crippen LogP contribution in [0.3, 0.4) is 0 Å². The van der Waals surface area contributed by atoms with Crippen LogP contribution in [0.1, 0.15) is 18.3 Å². The monoisotopic (exact) mass is 294 g/mol. The minimum atomic E-state index is -3.50. The maximum absolute atomic E-state index is 12.3. The van der Waals surface area contributed by atoms with E-state index in [0.717, 1.165) is 5.56 Å². The molecule has 0 aromatic carbocycles. The van der Waals surface area contributed by atoms with Crippen molar-refractivity contribution in [3.8, 4) is 0 Å². The Morgan fingerprint density at radius 2 is 2.00 bits per heavy atom. The summed E-state index contributed by atoms with van der Waals surface area (Å²) in [6.07, 6.45) is 6.10. The number of aromatic amines is 1. The van der Waals surface area contributed by atoms with Crippen molar-refractivity contribution in [3.05, 3.63) is 42.1 Å². The number of rotatable bonds is 6. The average Bonchev–Trinajstić information content (AvgIpc) is 2.95. The Hall–Kier alpha value is -1.73. The Bertz CT molecular complexity index is 652. The number of likely N-dealkylation sites (N-methyl/N-ethyl adjacent to an activating group) is 1. The summed E-state index contributed by atoms with van der Waals surface area (Å²) in [5.74, 6) is 0.672. The highest BCUT2D eigenvalue weighted by Gasteiger charge is 2.22. The molecule has 6 nitrogen and oxygen atoms in total. The van der Waals surface area contributed by atoms with Gasteiger partial charge >= 0.3 is 0 Å². The molecule has 0 fully saturated rings. The second-order valence-electron chi connectivity index (χ2n) is 4.48. The molecular weight excluding hydrogens is 276 g/mol. The second kappa shape index (κ2) is 6.15. The van der Waals surface area contributed by atoms with Crippen LogP contribution in [0.15, 0.2) is 35.7 Å². The normalized spacial score (nSPS) is 11.9. The molecule has 0 radical (unpaired) electrons. The molecule has 0 aliphatic rings. The van der Waals surface area contributed by atoms with Gasteiger partial charge in [-0.25, -0.2) is 13.4 Å². The van der Waals surface area contributed by atoms with Gasteiger partial charge in [0.05, 0.1) is 6.20 Å². The van der Waals surface area contributed by atoms with E-state index < -0.39 is 10.0 Å². The fraction of sp³-hybridized carbons (Fsp3) is 0.385. The molecule has 0 saturated heterocycles. The van der Waals surface area contributed by atoms with Crippen molar-refractivity contribution < 1.29 is 8.42 Å². The molecule has 0 unspecified atom stereocenters. The van der Waals surface area contributed by atoms with Crippen molar-refractivity contribution in [3.63, 3.8) is 0 Å². The van der Waals surface area contributed by atoms with Gasteiger partial charge in [-0.2, -0.15) is 4.31 Å². The number of aryl methyl sites for hydroxylation is 1. The van der Waals surface area contributed by atoms with Crippen molar-refractivity contribution >= 4 is 10.0 Å². The summed E-state index contributed by atoms with van der Waals surface area (Å²) in [5.41, 5.74) is 1.06. The molecule has 0 aliphatic carbocycles. The summed E-state index contributed by atoms with van der Waals surface area (Å²) in [6, 6.07) is 3.76. The second-order valence-corrected chi connectivity index (χ2v) is 6.49. The molecule has 7 heteroatoms. The van der Waals surface area contributed by atoms with Crippen LogP contribution in [0.2, 0.25) is 0 Å². The molecule has 0 amide bonds. The lowest BCUT2D eigenvalue weighted by atomic mass is 10.2. The third kappa shape index (κ3) is 3.23. The van der Waals surface area contributed by atoms with E-state index in [4.69, 9.17) is 0 Å². The lowest BCUT2D eigenvalue weighted by Crippen LogP contribution is -2.29. The highest BCUT2D eigenvalue weighted by Crippen LogP contribution is 2.12. The zero-order valence-corrected chi connectivity index (χ0v) is 12.4. The first kappa shape index (κ1) is 14.7. The highest BCUT2D eigenvalue weighted by molar-refractivity contribution is 7.89. The number of H-pyrrole nitrogens is 1. The standard InChI is InChI=1S/C13H18N4O2S/c1-3-12-15-10-13(16-12)20(18,19)17(2)9-6-11-4-7-14-8-5-11/h4-5,7-8,10H,3,6,9H2,1-2H3,(H,15,16). The van der Waals surface area contributed by atoms with Gasteiger partial charge in [-0.15, -0.1) is 0 Å². The van der Waals surface area contributed by atoms with Crippen LogP contribution in [-0.2, 0) is 22.9 Å². The average molecular weight is 294 g/mol. The number of hydrogen-bond donors (Lipinski definition) is 1. The van der Waals surface area contributed by atoms with Gasteiger partial charge in [0, 0.05) is 32.4 Å². The van der Waals surface area contributed by atoms with Gasteiger partial charge in [-0.05, 0) is 24.1 Å². The lowest BCUT2D eigenvalue weighted by Gasteiger charge is -2.15. The molecule has 2 heterocycles. The van der Waals surface area contributed by atoms with E-state index in [-0.39, 0.29) is 5.03 Å². The van der Waals surface area contributed by atoms with E-state index in [0.29, 0.717) is 25.2 Å². The van der Waals surface area contributed by atoms with Crippen LogP contribution in [-0.4, -0.2) is 41.3 Å². The number of nitrogens with one attached hydrogen (secondary N) is 1. The van der Waals surface area contributed by atoms with E-state index in [1.54, 1.807) is 19.4 Å². The number of sulfonamides is 1. The van der Waals surface area contributed by atoms with Gasteiger partial charge in [0.15, 0.2) is 5.03 Å². The number of aromatic nitrogens is 3. The van der Waals surface area contributed by atoms with Crippen LogP contribution in [0, 0.1) is 0 Å². The van der Waals surface area contributed by atoms with Crippen LogP contribution >= 0.6 is 0 Å². The van der Waals surface area contributed by atoms with Crippen molar-refractivity contribution in [1.29, 1.82) is 0 Å². The Balaban J connectivity index is 2.05. The molecule has 0 aliphatic heterocycles. The van der Waals surface area contributed by atoms with Gasteiger partial charge in [-0.3, -0.25) is 4.98 Å². The first-order valence-electron chi connectivity index (χ1n) is 6.43. The van der Waals surface area contributed by atoms with E-state index in [1.807, 2.05) is 19.1 Å². The predicted octanol–water partition coefficient (Wildman–Crippen LogP) is 1.23. The number of hydrogen-bond acceptors (Lipinski definition) is 4. The predicted molar refractivity (Wildman–Crippen MR) is 75.7 cm³/mol. The molecule has 108 valence electrons. The number of nitrogens with zero attached hydrogens (tertiary/aromatic N) is 3. The summed E-state index contributed by atoms with van der Waals surface area (Å²) < 4.78 is 26.0. The molecule has 2 rings (SSSR count). The van der Waals surface area contributed by atoms with Crippen LogP contribution in [0.4, 0.5) is 0 Å². The topological polar surface area (TPSA) is 79.0 Å². The third-order valence-electron chi connectivity index (χ3n) is 3.09. The summed E-state index contributed by atoms with van der Waals surface area (Å²) in [6.45, 7) is 2.33. The summed E-state index contributed by atoms with van der Waals surface area (Å²) in [7, 11) is -1.93. The lowest BCUT2D eigenvalue weighted by molar-refractivity contribution is 0.470. The van der Waals surface area contributed by atoms with Gasteiger partial charge in [0.2, 0.25) is 0 Å². The Labute approximate surface area is 118 Å². The zero-order valence-electron chi connectivity index (χ0n) is 11.6. The van der Waals surface area contributed by atoms with Crippen LogP contribution < -0.4 is 0 Å². The largest absolute Gasteiger partial charge is 0.332 e. The first-order chi connectivity index (χ1) is 9.54. The summed E-state index contributed by atoms with van der Waals surface area (Å²) in [5, 5.41) is 0.145. The first-order valence-corrected chi connectivity index (χ1v) is 7.87. The Kier molecular flexibility index (Phi) is 4.51. The maximum atomic E-state index is 12.3. The van der Waals surface area contributed by atoms with E-state index in [2.05, 4.69) is 15.0 Å². The van der Waals surface area contributed by atoms with Crippen LogP contribution in [0.25, 0.3) is 0 Å². The van der Waals surface area contributed by atoms with Gasteiger partial charge in [-0.1, -0.05) is 6.92 Å².